The van der Waals surface area contributed by atoms with Crippen LogP contribution >= 0.6 is 0 Å². The molecule has 1 aliphatic heterocycles. The minimum absolute atomic E-state index is 0.0638. The van der Waals surface area contributed by atoms with Crippen LogP contribution in [0.2, 0.25) is 0 Å². The third-order valence-electron chi connectivity index (χ3n) is 6.80. The number of ether oxygens (including phenoxy) is 1. The van der Waals surface area contributed by atoms with Crippen LogP contribution in [0, 0.1) is 6.92 Å². The second-order valence-corrected chi connectivity index (χ2v) is 10.1. The molecule has 3 aromatic carbocycles. The van der Waals surface area contributed by atoms with E-state index in [0.29, 0.717) is 24.5 Å². The number of benzene rings is 3. The van der Waals surface area contributed by atoms with Crippen molar-refractivity contribution in [1.82, 2.24) is 25.4 Å². The first kappa shape index (κ1) is 30.3. The molecule has 3 amide bonds. The number of aryl methyl sites for hydroxylation is 2. The fraction of sp³-hybridized carbons (Fsp3) is 0.258. The number of hydrogen-bond acceptors (Lipinski definition) is 5. The molecule has 228 valence electrons. The van der Waals surface area contributed by atoms with E-state index < -0.39 is 12.4 Å². The summed E-state index contributed by atoms with van der Waals surface area (Å²) in [5.74, 6) is 0.149. The Labute approximate surface area is 251 Å². The van der Waals surface area contributed by atoms with Crippen molar-refractivity contribution in [2.75, 3.05) is 18.0 Å². The van der Waals surface area contributed by atoms with Gasteiger partial charge in [0.25, 0.3) is 5.91 Å². The molecule has 0 saturated carbocycles. The molecule has 1 fully saturated rings. The van der Waals surface area contributed by atoms with E-state index in [0.717, 1.165) is 40.8 Å². The van der Waals surface area contributed by atoms with E-state index >= 15 is 0 Å². The van der Waals surface area contributed by atoms with Gasteiger partial charge in [-0.15, -0.1) is 18.3 Å². The number of aliphatic imine (C=N–C) groups is 1. The molecule has 0 radical (unpaired) electrons. The molecule has 0 spiro atoms. The summed E-state index contributed by atoms with van der Waals surface area (Å²) in [5.41, 5.74) is 4.99. The summed E-state index contributed by atoms with van der Waals surface area (Å²) in [7, 11) is 0. The summed E-state index contributed by atoms with van der Waals surface area (Å²) in [6.07, 6.45) is -1.03. The first-order valence-electron chi connectivity index (χ1n) is 14.0. The van der Waals surface area contributed by atoms with Crippen molar-refractivity contribution in [2.24, 2.45) is 4.99 Å². The number of nitrogens with one attached hydrogen (secondary N) is 2. The summed E-state index contributed by atoms with van der Waals surface area (Å²) >= 11 is 0. The molecule has 4 aromatic rings. The molecular weight excluding hydrogens is 575 g/mol. The van der Waals surface area contributed by atoms with Crippen LogP contribution < -0.4 is 20.3 Å². The smallest absolute Gasteiger partial charge is 0.406 e. The molecule has 2 heterocycles. The summed E-state index contributed by atoms with van der Waals surface area (Å²) in [4.78, 5) is 35.2. The molecule has 10 nitrogen and oxygen atoms in total. The van der Waals surface area contributed by atoms with Crippen molar-refractivity contribution >= 4 is 23.6 Å². The number of guanidine groups is 1. The number of urea groups is 1. The van der Waals surface area contributed by atoms with Gasteiger partial charge in [-0.1, -0.05) is 49.7 Å². The lowest BCUT2D eigenvalue weighted by atomic mass is 10.0. The van der Waals surface area contributed by atoms with Crippen molar-refractivity contribution < 1.29 is 27.5 Å². The van der Waals surface area contributed by atoms with Gasteiger partial charge in [-0.2, -0.15) is 4.99 Å². The van der Waals surface area contributed by atoms with Crippen LogP contribution in [0.5, 0.6) is 5.75 Å². The highest BCUT2D eigenvalue weighted by Crippen LogP contribution is 2.26. The van der Waals surface area contributed by atoms with Crippen molar-refractivity contribution in [3.8, 4) is 22.8 Å². The second kappa shape index (κ2) is 13.0. The Balaban J connectivity index is 1.17. The number of carbonyl (C=O) groups is 2. The van der Waals surface area contributed by atoms with Gasteiger partial charge >= 0.3 is 12.4 Å². The Bertz CT molecular complexity index is 1670. The van der Waals surface area contributed by atoms with Crippen molar-refractivity contribution in [2.45, 2.75) is 39.5 Å². The molecule has 2 N–H and O–H groups in total. The van der Waals surface area contributed by atoms with E-state index in [1.54, 1.807) is 0 Å². The number of halogens is 3. The monoisotopic (exact) mass is 605 g/mol. The molecule has 44 heavy (non-hydrogen) atoms. The van der Waals surface area contributed by atoms with E-state index in [1.165, 1.54) is 40.2 Å². The largest absolute Gasteiger partial charge is 0.573 e. The quantitative estimate of drug-likeness (QED) is 0.266. The number of rotatable bonds is 9. The summed E-state index contributed by atoms with van der Waals surface area (Å²) < 4.78 is 42.5. The molecule has 0 unspecified atom stereocenters. The van der Waals surface area contributed by atoms with Crippen LogP contribution in [0.25, 0.3) is 17.1 Å². The zero-order valence-corrected chi connectivity index (χ0v) is 24.1. The average Bonchev–Trinajstić information content (AvgIpc) is 3.61. The molecule has 1 aromatic heterocycles. The molecule has 5 rings (SSSR count). The highest BCUT2D eigenvalue weighted by Gasteiger charge is 2.31. The van der Waals surface area contributed by atoms with Crippen LogP contribution in [0.1, 0.15) is 30.0 Å². The summed E-state index contributed by atoms with van der Waals surface area (Å²) in [6.45, 7) is 4.42. The lowest BCUT2D eigenvalue weighted by molar-refractivity contribution is -0.274. The fourth-order valence-electron chi connectivity index (χ4n) is 4.72. The minimum atomic E-state index is -4.76. The van der Waals surface area contributed by atoms with E-state index in [2.05, 4.69) is 37.4 Å². The van der Waals surface area contributed by atoms with Crippen LogP contribution in [0.4, 0.5) is 23.7 Å². The Morgan fingerprint density at radius 3 is 2.52 bits per heavy atom. The van der Waals surface area contributed by atoms with Crippen LogP contribution in [0.3, 0.4) is 0 Å². The fourth-order valence-corrected chi connectivity index (χ4v) is 4.72. The van der Waals surface area contributed by atoms with Crippen LogP contribution in [-0.2, 0) is 17.6 Å². The van der Waals surface area contributed by atoms with E-state index in [1.807, 2.05) is 49.4 Å². The molecular formula is C31H30F3N7O3. The van der Waals surface area contributed by atoms with Crippen LogP contribution in [0.15, 0.2) is 78.0 Å². The summed E-state index contributed by atoms with van der Waals surface area (Å²) in [6, 6.07) is 18.2. The average molecular weight is 606 g/mol. The third kappa shape index (κ3) is 7.41. The topological polar surface area (TPSA) is 114 Å². The Morgan fingerprint density at radius 2 is 1.82 bits per heavy atom. The molecule has 0 aliphatic carbocycles. The van der Waals surface area contributed by atoms with Crippen molar-refractivity contribution in [3.63, 3.8) is 0 Å². The van der Waals surface area contributed by atoms with Gasteiger partial charge in [0.2, 0.25) is 5.96 Å². The van der Waals surface area contributed by atoms with E-state index in [4.69, 9.17) is 0 Å². The van der Waals surface area contributed by atoms with E-state index in [-0.39, 0.29) is 24.2 Å². The third-order valence-corrected chi connectivity index (χ3v) is 6.80. The molecule has 0 atom stereocenters. The van der Waals surface area contributed by atoms with Gasteiger partial charge in [0.1, 0.15) is 12.1 Å². The standard InChI is InChI=1S/C31H30F3N7O3/c1-3-4-22-8-5-20(2)17-26(22)41-27(42)18-36-29(41)38-30(43)35-16-15-21-6-9-23(10-7-21)28-37-19-40(39-28)24-11-13-25(14-12-24)44-31(32,33)34/h5-14,17,19H,3-4,15-16,18H2,1-2H3,(H2,35,36,38,43). The van der Waals surface area contributed by atoms with E-state index in [9.17, 15) is 22.8 Å². The number of nitrogens with zero attached hydrogens (tertiary/aromatic N) is 5. The SMILES string of the molecule is CCCc1ccc(C)cc1N1C(=O)CN/C1=N\C(=O)NCCc1ccc(-c2ncn(-c3ccc(OC(F)(F)F)cc3)n2)cc1. The van der Waals surface area contributed by atoms with Gasteiger partial charge in [-0.3, -0.25) is 4.79 Å². The predicted molar refractivity (Wildman–Crippen MR) is 159 cm³/mol. The number of carbonyl (C=O) groups excluding carboxylic acids is 2. The molecule has 1 saturated heterocycles. The highest BCUT2D eigenvalue weighted by atomic mass is 19.4. The zero-order valence-electron chi connectivity index (χ0n) is 24.1. The second-order valence-electron chi connectivity index (χ2n) is 10.1. The molecule has 13 heteroatoms. The Kier molecular flexibility index (Phi) is 8.93. The molecule has 0 bridgehead atoms. The lowest BCUT2D eigenvalue weighted by Gasteiger charge is -2.20. The Hall–Kier alpha value is -5.20. The normalized spacial score (nSPS) is 14.2. The number of amides is 3. The maximum atomic E-state index is 12.7. The number of alkyl halides is 3. The Morgan fingerprint density at radius 1 is 1.07 bits per heavy atom. The van der Waals surface area contributed by atoms with Gasteiger partial charge in [-0.25, -0.2) is 19.4 Å². The summed E-state index contributed by atoms with van der Waals surface area (Å²) in [5, 5.41) is 10.1. The first-order valence-corrected chi connectivity index (χ1v) is 14.0. The van der Waals surface area contributed by atoms with Crippen molar-refractivity contribution in [1.29, 1.82) is 0 Å². The maximum Gasteiger partial charge on any atom is 0.573 e. The first-order chi connectivity index (χ1) is 21.1. The zero-order chi connectivity index (χ0) is 31.3. The van der Waals surface area contributed by atoms with Gasteiger partial charge in [0, 0.05) is 12.1 Å². The number of hydrogen-bond donors (Lipinski definition) is 2. The number of aromatic nitrogens is 3. The lowest BCUT2D eigenvalue weighted by Crippen LogP contribution is -2.35. The van der Waals surface area contributed by atoms with Gasteiger partial charge < -0.3 is 15.4 Å². The maximum absolute atomic E-state index is 12.7. The molecule has 1 aliphatic rings. The van der Waals surface area contributed by atoms with Gasteiger partial charge in [0.05, 0.1) is 17.9 Å². The predicted octanol–water partition coefficient (Wildman–Crippen LogP) is 5.34. The minimum Gasteiger partial charge on any atom is -0.406 e. The van der Waals surface area contributed by atoms with Gasteiger partial charge in [0.15, 0.2) is 5.82 Å². The number of anilines is 1. The highest BCUT2D eigenvalue weighted by molar-refractivity contribution is 6.23. The van der Waals surface area contributed by atoms with Crippen molar-refractivity contribution in [3.05, 3.63) is 89.7 Å². The van der Waals surface area contributed by atoms with Gasteiger partial charge in [-0.05, 0) is 66.8 Å². The van der Waals surface area contributed by atoms with Crippen LogP contribution in [-0.4, -0.2) is 52.1 Å².